The van der Waals surface area contributed by atoms with E-state index in [0.717, 1.165) is 81.7 Å². The van der Waals surface area contributed by atoms with Crippen LogP contribution < -0.4 is 10.6 Å². The van der Waals surface area contributed by atoms with Crippen molar-refractivity contribution in [3.63, 3.8) is 0 Å². The number of alkyl carbamates (subject to hydrolysis) is 2. The van der Waals surface area contributed by atoms with Crippen molar-refractivity contribution in [2.24, 2.45) is 11.8 Å². The highest BCUT2D eigenvalue weighted by Gasteiger charge is 2.41. The molecule has 4 aliphatic rings. The highest BCUT2D eigenvalue weighted by molar-refractivity contribution is 5.91. The maximum Gasteiger partial charge on any atom is 0.407 e. The lowest BCUT2D eigenvalue weighted by Crippen LogP contribution is -2.53. The van der Waals surface area contributed by atoms with E-state index >= 15 is 0 Å². The number of ether oxygens (including phenoxy) is 4. The number of amides is 4. The molecule has 4 aliphatic heterocycles. The number of benzene rings is 3. The van der Waals surface area contributed by atoms with E-state index in [4.69, 9.17) is 28.9 Å². The van der Waals surface area contributed by atoms with Gasteiger partial charge in [-0.25, -0.2) is 19.6 Å². The van der Waals surface area contributed by atoms with E-state index in [1.165, 1.54) is 14.2 Å². The second-order valence-electron chi connectivity index (χ2n) is 17.2. The fourth-order valence-electron chi connectivity index (χ4n) is 9.96. The first kappa shape index (κ1) is 43.0. The summed E-state index contributed by atoms with van der Waals surface area (Å²) < 4.78 is 20.8. The summed E-state index contributed by atoms with van der Waals surface area (Å²) in [6.45, 7) is 3.42. The summed E-state index contributed by atoms with van der Waals surface area (Å²) in [5.74, 6) is 1.18. The summed E-state index contributed by atoms with van der Waals surface area (Å²) in [4.78, 5) is 72.8. The van der Waals surface area contributed by atoms with Crippen molar-refractivity contribution in [2.45, 2.75) is 75.5 Å². The Morgan fingerprint density at radius 1 is 0.594 bits per heavy atom. The molecule has 16 nitrogen and oxygen atoms in total. The molecule has 9 rings (SSSR count). The number of fused-ring (bicyclic) bond motifs is 1. The number of imidazole rings is 2. The average molecular weight is 873 g/mol. The average Bonchev–Trinajstić information content (AvgIpc) is 4.20. The molecule has 16 heteroatoms. The van der Waals surface area contributed by atoms with Crippen LogP contribution in [-0.2, 0) is 28.5 Å². The Bertz CT molecular complexity index is 2460. The van der Waals surface area contributed by atoms with E-state index in [2.05, 4.69) is 81.3 Å². The predicted molar refractivity (Wildman–Crippen MR) is 238 cm³/mol. The molecule has 0 saturated carbocycles. The smallest absolute Gasteiger partial charge is 0.407 e. The van der Waals surface area contributed by atoms with Crippen LogP contribution >= 0.6 is 0 Å². The number of methoxy groups -OCH3 is 2. The number of carbonyl (C=O) groups excluding carboxylic acids is 4. The van der Waals surface area contributed by atoms with Gasteiger partial charge in [0.2, 0.25) is 11.8 Å². The molecule has 4 fully saturated rings. The molecule has 0 radical (unpaired) electrons. The van der Waals surface area contributed by atoms with Crippen LogP contribution in [0.15, 0.2) is 73.1 Å². The summed E-state index contributed by atoms with van der Waals surface area (Å²) >= 11 is 0. The Hall–Kier alpha value is -6.26. The molecule has 0 unspecified atom stereocenters. The SMILES string of the molecule is COC(=O)N[C@H](C(=O)N1CCC[C@H]1c1ncc(-c2ccc(-c3ccc4cc(-c5cnc([C@@H]6CCCN6C(=O)[C@@H](NC(=O)OC)C6CCOCC6)[nH]5)ccc4c3)cc2)[nH]1)C1CCOCC1. The van der Waals surface area contributed by atoms with Gasteiger partial charge in [-0.2, -0.15) is 0 Å². The third-order valence-electron chi connectivity index (χ3n) is 13.5. The zero-order chi connectivity index (χ0) is 44.2. The lowest BCUT2D eigenvalue weighted by atomic mass is 9.90. The van der Waals surface area contributed by atoms with Gasteiger partial charge in [0.1, 0.15) is 23.7 Å². The number of carbonyl (C=O) groups is 4. The number of nitrogens with zero attached hydrogens (tertiary/aromatic N) is 4. The van der Waals surface area contributed by atoms with Crippen LogP contribution in [0.3, 0.4) is 0 Å². The molecule has 4 atom stereocenters. The minimum absolute atomic E-state index is 0.0281. The third-order valence-corrected chi connectivity index (χ3v) is 13.5. The zero-order valence-corrected chi connectivity index (χ0v) is 36.3. The summed E-state index contributed by atoms with van der Waals surface area (Å²) in [5.41, 5.74) is 5.88. The summed E-state index contributed by atoms with van der Waals surface area (Å²) in [6, 6.07) is 19.3. The van der Waals surface area contributed by atoms with Gasteiger partial charge in [0.05, 0.1) is 50.1 Å². The summed E-state index contributed by atoms with van der Waals surface area (Å²) in [5, 5.41) is 7.83. The van der Waals surface area contributed by atoms with Crippen LogP contribution in [0, 0.1) is 11.8 Å². The zero-order valence-electron chi connectivity index (χ0n) is 36.3. The molecule has 4 amide bonds. The van der Waals surface area contributed by atoms with E-state index in [9.17, 15) is 19.2 Å². The lowest BCUT2D eigenvalue weighted by Gasteiger charge is -2.34. The first-order chi connectivity index (χ1) is 31.3. The highest BCUT2D eigenvalue weighted by Crippen LogP contribution is 2.37. The van der Waals surface area contributed by atoms with Crippen molar-refractivity contribution < 1.29 is 38.1 Å². The van der Waals surface area contributed by atoms with Gasteiger partial charge in [-0.1, -0.05) is 48.5 Å². The van der Waals surface area contributed by atoms with E-state index in [0.29, 0.717) is 65.2 Å². The minimum atomic E-state index is -0.686. The van der Waals surface area contributed by atoms with Crippen LogP contribution in [0.5, 0.6) is 0 Å². The Labute approximate surface area is 371 Å². The minimum Gasteiger partial charge on any atom is -0.453 e. The standard InChI is InChI=1S/C48H56N8O8/c1-61-47(59)53-41(31-15-21-63-22-16-31)45(57)55-19-3-5-39(55)43-49-27-37(51-43)30-9-7-29(8-10-30)33-11-12-35-26-36(14-13-34(35)25-33)38-28-50-44(52-38)40-6-4-20-56(40)46(58)42(54-48(60)62-2)32-17-23-64-24-18-32/h7-14,25-28,31-32,39-42H,3-6,15-24H2,1-2H3,(H,49,51)(H,50,52)(H,53,59)(H,54,60)/t39-,40-,41-,42-/m0/s1. The van der Waals surface area contributed by atoms with Crippen LogP contribution in [0.25, 0.3) is 44.4 Å². The van der Waals surface area contributed by atoms with Crippen molar-refractivity contribution in [1.29, 1.82) is 0 Å². The molecular formula is C48H56N8O8. The maximum absolute atomic E-state index is 14.0. The topological polar surface area (TPSA) is 193 Å². The highest BCUT2D eigenvalue weighted by atomic mass is 16.5. The van der Waals surface area contributed by atoms with Gasteiger partial charge in [0, 0.05) is 45.1 Å². The molecule has 4 N–H and O–H groups in total. The number of aromatic amines is 2. The number of H-pyrrole nitrogens is 2. The normalized spacial score (nSPS) is 20.5. The van der Waals surface area contributed by atoms with Crippen molar-refractivity contribution in [1.82, 2.24) is 40.4 Å². The molecule has 64 heavy (non-hydrogen) atoms. The van der Waals surface area contributed by atoms with E-state index in [-0.39, 0.29) is 35.7 Å². The van der Waals surface area contributed by atoms with Gasteiger partial charge in [0.25, 0.3) is 0 Å². The second-order valence-corrected chi connectivity index (χ2v) is 17.2. The molecule has 0 aliphatic carbocycles. The molecule has 0 bridgehead atoms. The van der Waals surface area contributed by atoms with Crippen molar-refractivity contribution >= 4 is 34.8 Å². The Morgan fingerprint density at radius 3 is 1.50 bits per heavy atom. The first-order valence-electron chi connectivity index (χ1n) is 22.5. The molecule has 3 aromatic carbocycles. The predicted octanol–water partition coefficient (Wildman–Crippen LogP) is 6.92. The van der Waals surface area contributed by atoms with Crippen LogP contribution in [0.1, 0.15) is 75.1 Å². The van der Waals surface area contributed by atoms with Crippen LogP contribution in [-0.4, -0.2) is 120 Å². The lowest BCUT2D eigenvalue weighted by molar-refractivity contribution is -0.137. The summed E-state index contributed by atoms with van der Waals surface area (Å²) in [6.07, 6.45) is 8.45. The summed E-state index contributed by atoms with van der Waals surface area (Å²) in [7, 11) is 2.62. The number of likely N-dealkylation sites (tertiary alicyclic amines) is 2. The van der Waals surface area contributed by atoms with Crippen LogP contribution in [0.4, 0.5) is 9.59 Å². The van der Waals surface area contributed by atoms with E-state index < -0.39 is 24.3 Å². The van der Waals surface area contributed by atoms with E-state index in [1.54, 1.807) is 0 Å². The maximum atomic E-state index is 14.0. The third kappa shape index (κ3) is 9.06. The van der Waals surface area contributed by atoms with Gasteiger partial charge in [-0.15, -0.1) is 0 Å². The van der Waals surface area contributed by atoms with Gasteiger partial charge in [0.15, 0.2) is 0 Å². The first-order valence-corrected chi connectivity index (χ1v) is 22.5. The van der Waals surface area contributed by atoms with Crippen LogP contribution in [0.2, 0.25) is 0 Å². The number of nitrogens with one attached hydrogen (secondary N) is 4. The molecule has 6 heterocycles. The molecular weight excluding hydrogens is 817 g/mol. The Kier molecular flexibility index (Phi) is 12.9. The fraction of sp³-hybridized carbons (Fsp3) is 0.458. The monoisotopic (exact) mass is 872 g/mol. The van der Waals surface area contributed by atoms with Crippen molar-refractivity contribution in [2.75, 3.05) is 53.7 Å². The number of hydrogen-bond donors (Lipinski definition) is 4. The van der Waals surface area contributed by atoms with Gasteiger partial charge in [-0.05, 0) is 103 Å². The van der Waals surface area contributed by atoms with Gasteiger partial charge in [-0.3, -0.25) is 9.59 Å². The van der Waals surface area contributed by atoms with E-state index in [1.807, 2.05) is 22.2 Å². The quantitative estimate of drug-likeness (QED) is 0.108. The number of aromatic nitrogens is 4. The Balaban J connectivity index is 0.862. The van der Waals surface area contributed by atoms with Crippen molar-refractivity contribution in [3.8, 4) is 33.6 Å². The van der Waals surface area contributed by atoms with Gasteiger partial charge >= 0.3 is 12.2 Å². The Morgan fingerprint density at radius 2 is 1.02 bits per heavy atom. The molecule has 336 valence electrons. The van der Waals surface area contributed by atoms with Crippen molar-refractivity contribution in [3.05, 3.63) is 84.7 Å². The van der Waals surface area contributed by atoms with Gasteiger partial charge < -0.3 is 49.3 Å². The number of hydrogen-bond acceptors (Lipinski definition) is 10. The molecule has 4 saturated heterocycles. The number of rotatable bonds is 11. The fourth-order valence-corrected chi connectivity index (χ4v) is 9.96. The molecule has 5 aromatic rings. The largest absolute Gasteiger partial charge is 0.453 e. The molecule has 0 spiro atoms. The molecule has 2 aromatic heterocycles. The second kappa shape index (κ2) is 19.2.